The first-order chi connectivity index (χ1) is 8.85. The summed E-state index contributed by atoms with van der Waals surface area (Å²) >= 11 is 3.94. The Kier molecular flexibility index (Phi) is 5.42. The first-order valence-electron chi connectivity index (χ1n) is 6.05. The van der Waals surface area contributed by atoms with Crippen LogP contribution in [0.5, 0.6) is 0 Å². The summed E-state index contributed by atoms with van der Waals surface area (Å²) in [5.41, 5.74) is 0. The second-order valence-electron chi connectivity index (χ2n) is 3.96. The number of hydrogen-bond acceptors (Lipinski definition) is 6. The fraction of sp³-hybridized carbons (Fsp3) is 0.667. The van der Waals surface area contributed by atoms with Gasteiger partial charge in [-0.25, -0.2) is 0 Å². The molecule has 0 radical (unpaired) electrons. The third-order valence-electron chi connectivity index (χ3n) is 2.69. The van der Waals surface area contributed by atoms with Crippen LogP contribution < -0.4 is 5.32 Å². The predicted octanol–water partition coefficient (Wildman–Crippen LogP) is 2.09. The average molecular weight is 283 g/mol. The summed E-state index contributed by atoms with van der Waals surface area (Å²) in [6, 6.07) is 0. The molecule has 1 aromatic heterocycles. The smallest absolute Gasteiger partial charge is 0.240 e. The molecule has 1 aliphatic heterocycles. The highest BCUT2D eigenvalue weighted by atomic mass is 32.2. The van der Waals surface area contributed by atoms with Crippen molar-refractivity contribution in [2.45, 2.75) is 30.4 Å². The van der Waals surface area contributed by atoms with Gasteiger partial charge in [-0.05, 0) is 6.42 Å². The van der Waals surface area contributed by atoms with Crippen LogP contribution in [-0.4, -0.2) is 33.4 Å². The molecule has 4 nitrogen and oxygen atoms in total. The van der Waals surface area contributed by atoms with Crippen molar-refractivity contribution in [3.8, 4) is 12.3 Å². The number of nitrogens with zero attached hydrogens (tertiary/aromatic N) is 2. The Morgan fingerprint density at radius 2 is 2.33 bits per heavy atom. The van der Waals surface area contributed by atoms with Gasteiger partial charge in [-0.1, -0.05) is 18.0 Å². The highest BCUT2D eigenvalue weighted by Gasteiger charge is 2.30. The Morgan fingerprint density at radius 1 is 1.50 bits per heavy atom. The number of aromatic nitrogens is 2. The lowest BCUT2D eigenvalue weighted by atomic mass is 10.2. The summed E-state index contributed by atoms with van der Waals surface area (Å²) in [5, 5.41) is 8.10. The molecular weight excluding hydrogens is 266 g/mol. The van der Waals surface area contributed by atoms with Gasteiger partial charge in [0, 0.05) is 16.8 Å². The Hall–Kier alpha value is -0.640. The normalized spacial score (nSPS) is 23.8. The fourth-order valence-corrected chi connectivity index (χ4v) is 4.82. The van der Waals surface area contributed by atoms with E-state index in [2.05, 4.69) is 28.3 Å². The monoisotopic (exact) mass is 283 g/mol. The zero-order valence-corrected chi connectivity index (χ0v) is 12.0. The highest BCUT2D eigenvalue weighted by Crippen LogP contribution is 2.42. The van der Waals surface area contributed by atoms with Gasteiger partial charge in [-0.2, -0.15) is 16.7 Å². The Labute approximate surface area is 116 Å². The summed E-state index contributed by atoms with van der Waals surface area (Å²) in [6.07, 6.45) is 6.31. The van der Waals surface area contributed by atoms with E-state index in [0.717, 1.165) is 18.0 Å². The SMILES string of the molecule is C#CCNCc1nc(C2SCCSC2CC)no1. The number of rotatable bonds is 5. The Balaban J connectivity index is 1.97. The largest absolute Gasteiger partial charge is 0.338 e. The van der Waals surface area contributed by atoms with Gasteiger partial charge >= 0.3 is 0 Å². The molecule has 0 aliphatic carbocycles. The van der Waals surface area contributed by atoms with Crippen LogP contribution in [0.2, 0.25) is 0 Å². The van der Waals surface area contributed by atoms with Crippen LogP contribution >= 0.6 is 23.5 Å². The van der Waals surface area contributed by atoms with Gasteiger partial charge in [0.25, 0.3) is 0 Å². The van der Waals surface area contributed by atoms with Gasteiger partial charge in [-0.3, -0.25) is 5.32 Å². The lowest BCUT2D eigenvalue weighted by molar-refractivity contribution is 0.365. The van der Waals surface area contributed by atoms with Crippen molar-refractivity contribution in [3.63, 3.8) is 0 Å². The van der Waals surface area contributed by atoms with Crippen LogP contribution in [0, 0.1) is 12.3 Å². The first kappa shape index (κ1) is 13.8. The molecule has 6 heteroatoms. The zero-order chi connectivity index (χ0) is 12.8. The van der Waals surface area contributed by atoms with E-state index in [1.54, 1.807) is 0 Å². The molecule has 1 saturated heterocycles. The van der Waals surface area contributed by atoms with Crippen molar-refractivity contribution < 1.29 is 4.52 Å². The molecule has 2 heterocycles. The zero-order valence-electron chi connectivity index (χ0n) is 10.4. The molecule has 1 N–H and O–H groups in total. The average Bonchev–Trinajstić information content (AvgIpc) is 2.88. The molecule has 0 bridgehead atoms. The summed E-state index contributed by atoms with van der Waals surface area (Å²) in [5.74, 6) is 6.34. The van der Waals surface area contributed by atoms with E-state index in [1.165, 1.54) is 5.75 Å². The third-order valence-corrected chi connectivity index (χ3v) is 5.94. The molecule has 98 valence electrons. The number of nitrogens with one attached hydrogen (secondary N) is 1. The second-order valence-corrected chi connectivity index (χ2v) is 6.56. The van der Waals surface area contributed by atoms with Crippen molar-refractivity contribution >= 4 is 23.5 Å². The van der Waals surface area contributed by atoms with Gasteiger partial charge in [-0.15, -0.1) is 18.2 Å². The van der Waals surface area contributed by atoms with Gasteiger partial charge in [0.2, 0.25) is 5.89 Å². The Morgan fingerprint density at radius 3 is 3.11 bits per heavy atom. The molecule has 0 amide bonds. The number of thioether (sulfide) groups is 2. The van der Waals surface area contributed by atoms with Gasteiger partial charge in [0.1, 0.15) is 0 Å². The molecule has 2 unspecified atom stereocenters. The van der Waals surface area contributed by atoms with Crippen molar-refractivity contribution in [1.29, 1.82) is 0 Å². The van der Waals surface area contributed by atoms with E-state index in [9.17, 15) is 0 Å². The number of hydrogen-bond donors (Lipinski definition) is 1. The van der Waals surface area contributed by atoms with E-state index in [4.69, 9.17) is 10.9 Å². The van der Waals surface area contributed by atoms with Crippen LogP contribution in [0.3, 0.4) is 0 Å². The van der Waals surface area contributed by atoms with Crippen LogP contribution in [-0.2, 0) is 6.54 Å². The topological polar surface area (TPSA) is 51.0 Å². The molecule has 2 rings (SSSR count). The molecule has 2 atom stereocenters. The highest BCUT2D eigenvalue weighted by molar-refractivity contribution is 8.06. The summed E-state index contributed by atoms with van der Waals surface area (Å²) < 4.78 is 5.24. The van der Waals surface area contributed by atoms with Crippen LogP contribution in [0.15, 0.2) is 4.52 Å². The molecule has 18 heavy (non-hydrogen) atoms. The lowest BCUT2D eigenvalue weighted by Crippen LogP contribution is -2.19. The molecule has 0 spiro atoms. The fourth-order valence-electron chi connectivity index (χ4n) is 1.84. The maximum Gasteiger partial charge on any atom is 0.240 e. The molecule has 1 aromatic rings. The summed E-state index contributed by atoms with van der Waals surface area (Å²) in [6.45, 7) is 3.27. The van der Waals surface area contributed by atoms with E-state index in [0.29, 0.717) is 29.5 Å². The van der Waals surface area contributed by atoms with Gasteiger partial charge in [0.05, 0.1) is 18.3 Å². The summed E-state index contributed by atoms with van der Waals surface area (Å²) in [7, 11) is 0. The van der Waals surface area contributed by atoms with E-state index >= 15 is 0 Å². The van der Waals surface area contributed by atoms with Crippen LogP contribution in [0.4, 0.5) is 0 Å². The second kappa shape index (κ2) is 7.07. The minimum absolute atomic E-state index is 0.360. The van der Waals surface area contributed by atoms with E-state index in [1.807, 2.05) is 23.5 Å². The molecule has 0 aromatic carbocycles. The van der Waals surface area contributed by atoms with E-state index in [-0.39, 0.29) is 0 Å². The first-order valence-corrected chi connectivity index (χ1v) is 8.14. The van der Waals surface area contributed by atoms with Crippen molar-refractivity contribution in [1.82, 2.24) is 15.5 Å². The van der Waals surface area contributed by atoms with Gasteiger partial charge < -0.3 is 4.52 Å². The quantitative estimate of drug-likeness (QED) is 0.659. The van der Waals surface area contributed by atoms with Crippen LogP contribution in [0.25, 0.3) is 0 Å². The predicted molar refractivity (Wildman–Crippen MR) is 76.6 cm³/mol. The Bertz CT molecular complexity index is 416. The van der Waals surface area contributed by atoms with Crippen molar-refractivity contribution in [3.05, 3.63) is 11.7 Å². The molecule has 1 fully saturated rings. The molecule has 1 aliphatic rings. The maximum atomic E-state index is 5.24. The minimum atomic E-state index is 0.360. The molecular formula is C12H17N3OS2. The number of terminal acetylenes is 1. The summed E-state index contributed by atoms with van der Waals surface area (Å²) in [4.78, 5) is 4.46. The van der Waals surface area contributed by atoms with Crippen molar-refractivity contribution in [2.24, 2.45) is 0 Å². The third kappa shape index (κ3) is 3.44. The van der Waals surface area contributed by atoms with Crippen molar-refractivity contribution in [2.75, 3.05) is 18.1 Å². The minimum Gasteiger partial charge on any atom is -0.338 e. The lowest BCUT2D eigenvalue weighted by Gasteiger charge is -2.27. The van der Waals surface area contributed by atoms with E-state index < -0.39 is 0 Å². The van der Waals surface area contributed by atoms with Gasteiger partial charge in [0.15, 0.2) is 5.82 Å². The maximum absolute atomic E-state index is 5.24. The molecule has 0 saturated carbocycles. The van der Waals surface area contributed by atoms with Crippen LogP contribution in [0.1, 0.15) is 30.3 Å². The standard InChI is InChI=1S/C12H17N3OS2/c1-3-5-13-8-10-14-12(15-16-10)11-9(4-2)17-6-7-18-11/h1,9,11,13H,4-8H2,2H3.